The molecule has 0 unspecified atom stereocenters. The van der Waals surface area contributed by atoms with Gasteiger partial charge in [0.1, 0.15) is 5.75 Å². The molecule has 1 saturated carbocycles. The van der Waals surface area contributed by atoms with Crippen molar-refractivity contribution in [3.05, 3.63) is 156 Å². The number of amides is 2. The smallest absolute Gasteiger partial charge is 0.238 e. The number of phenolic OH excluding ortho intramolecular Hbond substituents is 1. The van der Waals surface area contributed by atoms with Crippen molar-refractivity contribution < 1.29 is 24.3 Å². The van der Waals surface area contributed by atoms with Crippen LogP contribution in [0.4, 0.5) is 5.69 Å². The lowest BCUT2D eigenvalue weighted by atomic mass is 9.44. The van der Waals surface area contributed by atoms with E-state index in [1.54, 1.807) is 36.4 Å². The average molecular weight is 632 g/mol. The van der Waals surface area contributed by atoms with E-state index in [2.05, 4.69) is 6.58 Å². The van der Waals surface area contributed by atoms with E-state index >= 15 is 4.79 Å². The first-order valence-corrected chi connectivity index (χ1v) is 16.3. The minimum atomic E-state index is -1.33. The number of fused-ring (bicyclic) bond motifs is 4. The number of benzene rings is 4. The Kier molecular flexibility index (Phi) is 6.99. The van der Waals surface area contributed by atoms with Gasteiger partial charge in [0.25, 0.3) is 0 Å². The number of nitrogens with zero attached hydrogens (tertiary/aromatic N) is 1. The van der Waals surface area contributed by atoms with E-state index in [9.17, 15) is 19.5 Å². The van der Waals surface area contributed by atoms with Gasteiger partial charge in [-0.15, -0.1) is 0 Å². The second-order valence-corrected chi connectivity index (χ2v) is 13.2. The molecule has 4 aromatic carbocycles. The van der Waals surface area contributed by atoms with Gasteiger partial charge in [-0.1, -0.05) is 109 Å². The fourth-order valence-electron chi connectivity index (χ4n) is 8.97. The second kappa shape index (κ2) is 11.3. The van der Waals surface area contributed by atoms with Crippen LogP contribution in [0.5, 0.6) is 5.75 Å². The molecule has 6 heteroatoms. The summed E-state index contributed by atoms with van der Waals surface area (Å²) in [6.45, 7) is 3.80. The van der Waals surface area contributed by atoms with E-state index in [0.717, 1.165) is 11.1 Å². The Morgan fingerprint density at radius 2 is 1.50 bits per heavy atom. The molecule has 2 amide bonds. The SMILES string of the molecule is C=Cc1ccc(N2C(=O)[C@H]3[C@H](CC=C4[C@H]3C[C@H]3C(=O)C(c5ccccc5)=CC(=O)[C@@]3(c3ccccc3)[C@H]4c3cccc(O)c3)C2=O)cc1. The van der Waals surface area contributed by atoms with Crippen LogP contribution in [-0.4, -0.2) is 28.5 Å². The second-order valence-electron chi connectivity index (χ2n) is 13.2. The molecular weight excluding hydrogens is 598 g/mol. The molecule has 1 heterocycles. The number of rotatable bonds is 5. The summed E-state index contributed by atoms with van der Waals surface area (Å²) < 4.78 is 0. The maximum Gasteiger partial charge on any atom is 0.238 e. The van der Waals surface area contributed by atoms with Crippen molar-refractivity contribution in [2.24, 2.45) is 23.7 Å². The Bertz CT molecular complexity index is 2060. The molecule has 1 saturated heterocycles. The first-order chi connectivity index (χ1) is 23.3. The molecule has 1 N–H and O–H groups in total. The van der Waals surface area contributed by atoms with Gasteiger partial charge in [-0.3, -0.25) is 24.1 Å². The van der Waals surface area contributed by atoms with E-state index < -0.39 is 35.0 Å². The molecule has 4 aromatic rings. The Balaban J connectivity index is 1.34. The number of aromatic hydroxyl groups is 1. The summed E-state index contributed by atoms with van der Waals surface area (Å²) in [4.78, 5) is 59.7. The summed E-state index contributed by atoms with van der Waals surface area (Å²) in [6.07, 6.45) is 5.80. The number of ketones is 2. The minimum absolute atomic E-state index is 0.0417. The van der Waals surface area contributed by atoms with Crippen LogP contribution in [0.2, 0.25) is 0 Å². The van der Waals surface area contributed by atoms with Crippen LogP contribution in [0.15, 0.2) is 133 Å². The molecule has 6 atom stereocenters. The molecule has 0 bridgehead atoms. The molecule has 6 nitrogen and oxygen atoms in total. The van der Waals surface area contributed by atoms with E-state index in [4.69, 9.17) is 0 Å². The minimum Gasteiger partial charge on any atom is -0.508 e. The lowest BCUT2D eigenvalue weighted by Gasteiger charge is -2.55. The van der Waals surface area contributed by atoms with Crippen LogP contribution in [0.3, 0.4) is 0 Å². The van der Waals surface area contributed by atoms with Crippen LogP contribution in [0, 0.1) is 23.7 Å². The lowest BCUT2D eigenvalue weighted by molar-refractivity contribution is -0.135. The normalized spacial score (nSPS) is 27.8. The number of phenols is 1. The van der Waals surface area contributed by atoms with Crippen LogP contribution < -0.4 is 4.90 Å². The standard InChI is InChI=1S/C42H33NO5/c1-2-25-16-18-29(19-17-25)43-40(47)32-21-20-31-34(37(32)41(43)48)23-35-39(46)33(26-10-5-3-6-11-26)24-36(45)42(35,28-13-7-4-8-14-28)38(31)27-12-9-15-30(44)22-27/h2-20,22,24,32,34-35,37-38,44H,1,21,23H2/t32-,34+,35-,37-,38-,42-/m0/s1. The first kappa shape index (κ1) is 29.8. The maximum absolute atomic E-state index is 15.0. The van der Waals surface area contributed by atoms with Crippen molar-refractivity contribution in [3.8, 4) is 5.75 Å². The average Bonchev–Trinajstić information content (AvgIpc) is 3.38. The number of hydrogen-bond acceptors (Lipinski definition) is 5. The summed E-state index contributed by atoms with van der Waals surface area (Å²) in [6, 6.07) is 32.7. The van der Waals surface area contributed by atoms with Crippen LogP contribution >= 0.6 is 0 Å². The fourth-order valence-corrected chi connectivity index (χ4v) is 8.97. The molecule has 0 spiro atoms. The van der Waals surface area contributed by atoms with Crippen molar-refractivity contribution in [3.63, 3.8) is 0 Å². The molecule has 4 aliphatic rings. The van der Waals surface area contributed by atoms with Gasteiger partial charge in [-0.05, 0) is 71.4 Å². The van der Waals surface area contributed by atoms with Crippen molar-refractivity contribution in [2.45, 2.75) is 24.2 Å². The number of allylic oxidation sites excluding steroid dienone is 4. The van der Waals surface area contributed by atoms with Crippen molar-refractivity contribution >= 4 is 40.7 Å². The number of hydrogen-bond donors (Lipinski definition) is 1. The van der Waals surface area contributed by atoms with E-state index in [1.165, 1.54) is 11.0 Å². The maximum atomic E-state index is 15.0. The third-order valence-electron chi connectivity index (χ3n) is 11.0. The molecule has 3 aliphatic carbocycles. The number of carbonyl (C=O) groups excluding carboxylic acids is 4. The van der Waals surface area contributed by atoms with Crippen LogP contribution in [-0.2, 0) is 24.6 Å². The van der Waals surface area contributed by atoms with Crippen LogP contribution in [0.1, 0.15) is 41.0 Å². The number of carbonyl (C=O) groups is 4. The Morgan fingerprint density at radius 1 is 0.792 bits per heavy atom. The van der Waals surface area contributed by atoms with Gasteiger partial charge in [0.2, 0.25) is 11.8 Å². The van der Waals surface area contributed by atoms with E-state index in [-0.39, 0.29) is 35.6 Å². The monoisotopic (exact) mass is 631 g/mol. The molecule has 2 fully saturated rings. The van der Waals surface area contributed by atoms with Gasteiger partial charge in [-0.2, -0.15) is 0 Å². The highest BCUT2D eigenvalue weighted by molar-refractivity contribution is 6.32. The fraction of sp³-hybridized carbons (Fsp3) is 0.190. The van der Waals surface area contributed by atoms with Gasteiger partial charge < -0.3 is 5.11 Å². The zero-order valence-corrected chi connectivity index (χ0v) is 26.2. The molecule has 8 rings (SSSR count). The summed E-state index contributed by atoms with van der Waals surface area (Å²) in [7, 11) is 0. The highest BCUT2D eigenvalue weighted by atomic mass is 16.3. The Morgan fingerprint density at radius 3 is 2.19 bits per heavy atom. The Labute approximate surface area is 278 Å². The predicted molar refractivity (Wildman–Crippen MR) is 184 cm³/mol. The topological polar surface area (TPSA) is 91.8 Å². The van der Waals surface area contributed by atoms with E-state index in [0.29, 0.717) is 34.4 Å². The van der Waals surface area contributed by atoms with Crippen molar-refractivity contribution in [1.29, 1.82) is 0 Å². The largest absolute Gasteiger partial charge is 0.508 e. The van der Waals surface area contributed by atoms with Gasteiger partial charge in [-0.25, -0.2) is 0 Å². The van der Waals surface area contributed by atoms with Gasteiger partial charge in [0.05, 0.1) is 22.9 Å². The van der Waals surface area contributed by atoms with Crippen molar-refractivity contribution in [1.82, 2.24) is 0 Å². The number of Topliss-reactive ketones (excluding diaryl/α,β-unsaturated/α-hetero) is 1. The van der Waals surface area contributed by atoms with Gasteiger partial charge in [0, 0.05) is 17.4 Å². The summed E-state index contributed by atoms with van der Waals surface area (Å²) in [5.74, 6) is -4.10. The highest BCUT2D eigenvalue weighted by Crippen LogP contribution is 2.63. The number of anilines is 1. The molecular formula is C42H33NO5. The third-order valence-corrected chi connectivity index (χ3v) is 11.0. The Hall–Kier alpha value is -5.62. The lowest BCUT2D eigenvalue weighted by Crippen LogP contribution is -2.58. The zero-order chi connectivity index (χ0) is 33.2. The van der Waals surface area contributed by atoms with E-state index in [1.807, 2.05) is 84.9 Å². The zero-order valence-electron chi connectivity index (χ0n) is 26.2. The first-order valence-electron chi connectivity index (χ1n) is 16.3. The van der Waals surface area contributed by atoms with Gasteiger partial charge >= 0.3 is 0 Å². The molecule has 1 aliphatic heterocycles. The molecule has 0 radical (unpaired) electrons. The predicted octanol–water partition coefficient (Wildman–Crippen LogP) is 7.06. The summed E-state index contributed by atoms with van der Waals surface area (Å²) in [5.41, 5.74) is 3.33. The highest BCUT2D eigenvalue weighted by Gasteiger charge is 2.66. The summed E-state index contributed by atoms with van der Waals surface area (Å²) >= 11 is 0. The van der Waals surface area contributed by atoms with Crippen LogP contribution in [0.25, 0.3) is 11.6 Å². The molecule has 236 valence electrons. The summed E-state index contributed by atoms with van der Waals surface area (Å²) in [5, 5.41) is 10.7. The van der Waals surface area contributed by atoms with Gasteiger partial charge in [0.15, 0.2) is 11.6 Å². The van der Waals surface area contributed by atoms with Crippen molar-refractivity contribution in [2.75, 3.05) is 4.90 Å². The third kappa shape index (κ3) is 4.25. The molecule has 0 aromatic heterocycles. The molecule has 48 heavy (non-hydrogen) atoms. The number of imide groups is 1. The quantitative estimate of drug-likeness (QED) is 0.188.